The van der Waals surface area contributed by atoms with Gasteiger partial charge in [-0.2, -0.15) is 0 Å². The summed E-state index contributed by atoms with van der Waals surface area (Å²) in [6, 6.07) is 0. The first-order valence-electron chi connectivity index (χ1n) is 7.66. The first-order valence-corrected chi connectivity index (χ1v) is 7.66. The minimum Gasteiger partial charge on any atom is -0.0836 e. The average Bonchev–Trinajstić information content (AvgIpc) is 2.29. The molecular formula is C18H34. The van der Waals surface area contributed by atoms with Crippen molar-refractivity contribution in [3.8, 4) is 0 Å². The summed E-state index contributed by atoms with van der Waals surface area (Å²) < 4.78 is 0. The van der Waals surface area contributed by atoms with Gasteiger partial charge in [-0.25, -0.2) is 0 Å². The Morgan fingerprint density at radius 3 is 1.89 bits per heavy atom. The van der Waals surface area contributed by atoms with Gasteiger partial charge in [0.1, 0.15) is 0 Å². The highest BCUT2D eigenvalue weighted by molar-refractivity contribution is 5.36. The van der Waals surface area contributed by atoms with E-state index >= 15 is 0 Å². The average molecular weight is 250 g/mol. The molecule has 1 aliphatic carbocycles. The maximum absolute atomic E-state index is 2.37. The van der Waals surface area contributed by atoms with Gasteiger partial charge in [0, 0.05) is 0 Å². The molecular weight excluding hydrogens is 216 g/mol. The van der Waals surface area contributed by atoms with E-state index in [4.69, 9.17) is 0 Å². The van der Waals surface area contributed by atoms with Crippen LogP contribution >= 0.6 is 0 Å². The number of allylic oxidation sites excluding steroid dienone is 4. The SMILES string of the molecule is CC.CC(C)C1=C(C(C)(C)C)[C@H](C(C)C)CC=C1. The largest absolute Gasteiger partial charge is 0.0836 e. The Kier molecular flexibility index (Phi) is 6.96. The molecule has 0 aromatic rings. The van der Waals surface area contributed by atoms with Crippen LogP contribution in [0.25, 0.3) is 0 Å². The summed E-state index contributed by atoms with van der Waals surface area (Å²) in [6.07, 6.45) is 5.96. The summed E-state index contributed by atoms with van der Waals surface area (Å²) in [6.45, 7) is 20.4. The Bertz CT molecular complexity index is 294. The highest BCUT2D eigenvalue weighted by Crippen LogP contribution is 2.43. The minimum absolute atomic E-state index is 0.305. The van der Waals surface area contributed by atoms with Crippen LogP contribution in [0.4, 0.5) is 0 Å². The van der Waals surface area contributed by atoms with Crippen molar-refractivity contribution >= 4 is 0 Å². The molecule has 106 valence electrons. The fourth-order valence-electron chi connectivity index (χ4n) is 2.86. The van der Waals surface area contributed by atoms with Crippen LogP contribution in [0.1, 0.15) is 68.7 Å². The lowest BCUT2D eigenvalue weighted by Gasteiger charge is -2.38. The van der Waals surface area contributed by atoms with Crippen molar-refractivity contribution in [2.45, 2.75) is 68.7 Å². The molecule has 0 saturated carbocycles. The van der Waals surface area contributed by atoms with Crippen LogP contribution in [0, 0.1) is 23.2 Å². The highest BCUT2D eigenvalue weighted by atomic mass is 14.4. The van der Waals surface area contributed by atoms with Crippen LogP contribution in [0.5, 0.6) is 0 Å². The maximum Gasteiger partial charge on any atom is -0.0134 e. The van der Waals surface area contributed by atoms with Gasteiger partial charge in [0.05, 0.1) is 0 Å². The molecule has 0 aromatic carbocycles. The highest BCUT2D eigenvalue weighted by Gasteiger charge is 2.31. The second kappa shape index (κ2) is 7.16. The topological polar surface area (TPSA) is 0 Å². The van der Waals surface area contributed by atoms with E-state index in [2.05, 4.69) is 60.6 Å². The van der Waals surface area contributed by atoms with Crippen LogP contribution < -0.4 is 0 Å². The Morgan fingerprint density at radius 2 is 1.56 bits per heavy atom. The van der Waals surface area contributed by atoms with Gasteiger partial charge in [-0.05, 0) is 35.2 Å². The summed E-state index contributed by atoms with van der Waals surface area (Å²) >= 11 is 0. The van der Waals surface area contributed by atoms with Crippen LogP contribution in [0.15, 0.2) is 23.3 Å². The molecule has 0 fully saturated rings. The third-order valence-corrected chi connectivity index (χ3v) is 3.60. The number of rotatable bonds is 2. The molecule has 0 radical (unpaired) electrons. The zero-order valence-electron chi connectivity index (χ0n) is 14.1. The first-order chi connectivity index (χ1) is 8.25. The smallest absolute Gasteiger partial charge is 0.0134 e. The second-order valence-corrected chi connectivity index (χ2v) is 6.76. The fraction of sp³-hybridized carbons (Fsp3) is 0.778. The minimum atomic E-state index is 0.305. The van der Waals surface area contributed by atoms with Crippen LogP contribution in [0.3, 0.4) is 0 Å². The lowest BCUT2D eigenvalue weighted by atomic mass is 9.67. The van der Waals surface area contributed by atoms with Crippen LogP contribution in [-0.2, 0) is 0 Å². The molecule has 0 aromatic heterocycles. The summed E-state index contributed by atoms with van der Waals surface area (Å²) in [5.41, 5.74) is 3.58. The van der Waals surface area contributed by atoms with Crippen molar-refractivity contribution in [2.24, 2.45) is 23.2 Å². The van der Waals surface area contributed by atoms with Gasteiger partial charge >= 0.3 is 0 Å². The third-order valence-electron chi connectivity index (χ3n) is 3.60. The molecule has 0 aliphatic heterocycles. The predicted octanol–water partition coefficient (Wildman–Crippen LogP) is 6.24. The van der Waals surface area contributed by atoms with Gasteiger partial charge in [-0.1, -0.05) is 80.0 Å². The van der Waals surface area contributed by atoms with E-state index in [-0.39, 0.29) is 0 Å². The molecule has 1 rings (SSSR count). The lowest BCUT2D eigenvalue weighted by Crippen LogP contribution is -2.26. The Hall–Kier alpha value is -0.520. The molecule has 0 bridgehead atoms. The standard InChI is InChI=1S/C16H28.C2H6/c1-11(2)13-9-8-10-14(12(3)4)15(13)16(5,6)7;1-2/h8-9,11-12,14H,10H2,1-7H3;1-2H3/t14-;/m0./s1. The van der Waals surface area contributed by atoms with E-state index in [1.165, 1.54) is 6.42 Å². The molecule has 0 spiro atoms. The molecule has 0 N–H and O–H groups in total. The van der Waals surface area contributed by atoms with Crippen molar-refractivity contribution in [1.29, 1.82) is 0 Å². The summed E-state index contributed by atoms with van der Waals surface area (Å²) in [5, 5.41) is 0. The van der Waals surface area contributed by atoms with Gasteiger partial charge in [0.15, 0.2) is 0 Å². The van der Waals surface area contributed by atoms with Gasteiger partial charge < -0.3 is 0 Å². The van der Waals surface area contributed by atoms with Gasteiger partial charge in [0.2, 0.25) is 0 Å². The molecule has 0 saturated heterocycles. The first kappa shape index (κ1) is 17.5. The van der Waals surface area contributed by atoms with Crippen molar-refractivity contribution < 1.29 is 0 Å². The third kappa shape index (κ3) is 4.30. The zero-order valence-corrected chi connectivity index (χ0v) is 14.1. The molecule has 0 nitrogen and oxygen atoms in total. The van der Waals surface area contributed by atoms with Crippen molar-refractivity contribution in [3.05, 3.63) is 23.3 Å². The van der Waals surface area contributed by atoms with Gasteiger partial charge in [-0.15, -0.1) is 0 Å². The summed E-state index contributed by atoms with van der Waals surface area (Å²) in [7, 11) is 0. The van der Waals surface area contributed by atoms with E-state index in [9.17, 15) is 0 Å². The van der Waals surface area contributed by atoms with Crippen LogP contribution in [-0.4, -0.2) is 0 Å². The molecule has 0 unspecified atom stereocenters. The van der Waals surface area contributed by atoms with E-state index in [0.717, 1.165) is 11.8 Å². The normalized spacial score (nSPS) is 20.3. The zero-order chi connectivity index (χ0) is 14.5. The maximum atomic E-state index is 2.37. The molecule has 0 heterocycles. The fourth-order valence-corrected chi connectivity index (χ4v) is 2.86. The molecule has 0 amide bonds. The molecule has 1 aliphatic rings. The van der Waals surface area contributed by atoms with Crippen molar-refractivity contribution in [3.63, 3.8) is 0 Å². The molecule has 0 heteroatoms. The van der Waals surface area contributed by atoms with Gasteiger partial charge in [-0.3, -0.25) is 0 Å². The lowest BCUT2D eigenvalue weighted by molar-refractivity contribution is 0.343. The molecule has 1 atom stereocenters. The monoisotopic (exact) mass is 250 g/mol. The van der Waals surface area contributed by atoms with E-state index in [0.29, 0.717) is 11.3 Å². The Morgan fingerprint density at radius 1 is 1.06 bits per heavy atom. The number of hydrogen-bond acceptors (Lipinski definition) is 0. The van der Waals surface area contributed by atoms with Crippen LogP contribution in [0.2, 0.25) is 0 Å². The Balaban J connectivity index is 0.00000137. The van der Waals surface area contributed by atoms with E-state index < -0.39 is 0 Å². The van der Waals surface area contributed by atoms with Crippen molar-refractivity contribution in [1.82, 2.24) is 0 Å². The Labute approximate surface area is 116 Å². The van der Waals surface area contributed by atoms with Gasteiger partial charge in [0.25, 0.3) is 0 Å². The second-order valence-electron chi connectivity index (χ2n) is 6.76. The quantitative estimate of drug-likeness (QED) is 0.544. The predicted molar refractivity (Wildman–Crippen MR) is 84.8 cm³/mol. The summed E-state index contributed by atoms with van der Waals surface area (Å²) in [5.74, 6) is 2.13. The molecule has 18 heavy (non-hydrogen) atoms. The number of hydrogen-bond donors (Lipinski definition) is 0. The summed E-state index contributed by atoms with van der Waals surface area (Å²) in [4.78, 5) is 0. The van der Waals surface area contributed by atoms with E-state index in [1.54, 1.807) is 11.1 Å². The van der Waals surface area contributed by atoms with E-state index in [1.807, 2.05) is 13.8 Å². The van der Waals surface area contributed by atoms with Crippen molar-refractivity contribution in [2.75, 3.05) is 0 Å².